The third-order valence-electron chi connectivity index (χ3n) is 3.27. The predicted molar refractivity (Wildman–Crippen MR) is 68.1 cm³/mol. The van der Waals surface area contributed by atoms with Crippen molar-refractivity contribution < 1.29 is 13.2 Å². The highest BCUT2D eigenvalue weighted by Crippen LogP contribution is 2.35. The van der Waals surface area contributed by atoms with Crippen LogP contribution >= 0.6 is 0 Å². The number of benzene rings is 1. The van der Waals surface area contributed by atoms with Crippen LogP contribution in [0.4, 0.5) is 0 Å². The van der Waals surface area contributed by atoms with E-state index < -0.39 is 26.7 Å². The second kappa shape index (κ2) is 4.07. The number of amides is 1. The second-order valence-corrected chi connectivity index (χ2v) is 7.28. The molecule has 0 aromatic heterocycles. The molecule has 2 rings (SSSR count). The van der Waals surface area contributed by atoms with E-state index in [2.05, 4.69) is 0 Å². The molecular weight excluding hydrogens is 252 g/mol. The highest BCUT2D eigenvalue weighted by Gasteiger charge is 2.60. The number of hydrogen-bond acceptors (Lipinski definition) is 4. The summed E-state index contributed by atoms with van der Waals surface area (Å²) >= 11 is 0. The maximum Gasteiger partial charge on any atom is 0.258 e. The van der Waals surface area contributed by atoms with Gasteiger partial charge in [0.05, 0.1) is 6.54 Å². The fourth-order valence-corrected chi connectivity index (χ4v) is 3.47. The van der Waals surface area contributed by atoms with E-state index in [1.54, 1.807) is 0 Å². The molecule has 98 valence electrons. The Kier molecular flexibility index (Phi) is 2.95. The van der Waals surface area contributed by atoms with Gasteiger partial charge in [-0.3, -0.25) is 4.79 Å². The first-order valence-electron chi connectivity index (χ1n) is 5.65. The quantitative estimate of drug-likeness (QED) is 0.872. The normalized spacial score (nSPS) is 22.4. The van der Waals surface area contributed by atoms with E-state index in [-0.39, 0.29) is 6.54 Å². The minimum Gasteiger partial charge on any atom is -0.322 e. The van der Waals surface area contributed by atoms with E-state index in [1.165, 1.54) is 13.8 Å². The SMILES string of the molecule is CC1(C)C(=O)N(CC(N)c2ccccc2)S1(=O)=O. The van der Waals surface area contributed by atoms with Crippen LogP contribution in [0.2, 0.25) is 0 Å². The van der Waals surface area contributed by atoms with Gasteiger partial charge in [0.2, 0.25) is 0 Å². The van der Waals surface area contributed by atoms with Crippen LogP contribution in [0.5, 0.6) is 0 Å². The summed E-state index contributed by atoms with van der Waals surface area (Å²) in [5.74, 6) is -0.395. The summed E-state index contributed by atoms with van der Waals surface area (Å²) in [7, 11) is -3.55. The van der Waals surface area contributed by atoms with Gasteiger partial charge in [0.1, 0.15) is 0 Å². The van der Waals surface area contributed by atoms with Crippen molar-refractivity contribution >= 4 is 15.9 Å². The van der Waals surface area contributed by atoms with Crippen LogP contribution in [0.1, 0.15) is 25.5 Å². The third kappa shape index (κ3) is 1.72. The molecule has 1 heterocycles. The lowest BCUT2D eigenvalue weighted by atomic mass is 10.1. The van der Waals surface area contributed by atoms with Gasteiger partial charge in [-0.05, 0) is 19.4 Å². The number of rotatable bonds is 3. The summed E-state index contributed by atoms with van der Waals surface area (Å²) in [5, 5.41) is 0. The molecule has 1 fully saturated rings. The monoisotopic (exact) mass is 268 g/mol. The number of nitrogens with zero attached hydrogens (tertiary/aromatic N) is 1. The first-order valence-corrected chi connectivity index (χ1v) is 7.09. The van der Waals surface area contributed by atoms with Gasteiger partial charge in [-0.15, -0.1) is 0 Å². The minimum atomic E-state index is -3.55. The van der Waals surface area contributed by atoms with Crippen LogP contribution in [-0.4, -0.2) is 29.9 Å². The molecule has 18 heavy (non-hydrogen) atoms. The zero-order chi connectivity index (χ0) is 13.6. The third-order valence-corrected chi connectivity index (χ3v) is 5.63. The molecule has 0 aliphatic carbocycles. The zero-order valence-corrected chi connectivity index (χ0v) is 11.1. The molecule has 1 aliphatic rings. The number of sulfonamides is 1. The molecule has 0 bridgehead atoms. The number of carbonyl (C=O) groups excluding carboxylic acids is 1. The maximum atomic E-state index is 11.9. The standard InChI is InChI=1S/C12H16N2O3S/c1-12(2)11(15)14(18(12,16)17)8-10(13)9-6-4-3-5-7-9/h3-7,10H,8,13H2,1-2H3. The minimum absolute atomic E-state index is 0.00535. The van der Waals surface area contributed by atoms with Crippen LogP contribution < -0.4 is 5.73 Å². The summed E-state index contributed by atoms with van der Waals surface area (Å²) in [6.07, 6.45) is 0. The Labute approximate surface area is 107 Å². The van der Waals surface area contributed by atoms with Crippen molar-refractivity contribution in [3.8, 4) is 0 Å². The van der Waals surface area contributed by atoms with Gasteiger partial charge in [-0.2, -0.15) is 0 Å². The van der Waals surface area contributed by atoms with Crippen LogP contribution in [0, 0.1) is 0 Å². The molecule has 1 amide bonds. The fourth-order valence-electron chi connectivity index (χ4n) is 1.92. The first kappa shape index (κ1) is 13.0. The van der Waals surface area contributed by atoms with Gasteiger partial charge < -0.3 is 5.73 Å². The summed E-state index contributed by atoms with van der Waals surface area (Å²) in [4.78, 5) is 11.8. The van der Waals surface area contributed by atoms with Crippen LogP contribution in [0.15, 0.2) is 30.3 Å². The number of carbonyl (C=O) groups is 1. The molecule has 1 aromatic carbocycles. The van der Waals surface area contributed by atoms with Crippen molar-refractivity contribution in [1.29, 1.82) is 0 Å². The van der Waals surface area contributed by atoms with Gasteiger partial charge in [0.25, 0.3) is 15.9 Å². The molecule has 1 aromatic rings. The molecule has 5 nitrogen and oxygen atoms in total. The number of hydrogen-bond donors (Lipinski definition) is 1. The van der Waals surface area contributed by atoms with E-state index in [4.69, 9.17) is 5.73 Å². The number of nitrogens with two attached hydrogens (primary N) is 1. The van der Waals surface area contributed by atoms with Gasteiger partial charge in [-0.25, -0.2) is 12.7 Å². The molecule has 2 N–H and O–H groups in total. The lowest BCUT2D eigenvalue weighted by molar-refractivity contribution is -0.132. The molecule has 0 saturated carbocycles. The molecule has 0 spiro atoms. The Balaban J connectivity index is 2.16. The Morgan fingerprint density at radius 3 is 2.33 bits per heavy atom. The Hall–Kier alpha value is -1.40. The van der Waals surface area contributed by atoms with E-state index in [1.807, 2.05) is 30.3 Å². The van der Waals surface area contributed by atoms with Crippen molar-refractivity contribution in [3.63, 3.8) is 0 Å². The Morgan fingerprint density at radius 1 is 1.28 bits per heavy atom. The fraction of sp³-hybridized carbons (Fsp3) is 0.417. The molecule has 1 atom stereocenters. The van der Waals surface area contributed by atoms with Crippen molar-refractivity contribution in [2.75, 3.05) is 6.54 Å². The average Bonchev–Trinajstić information content (AvgIpc) is 2.35. The molecule has 1 unspecified atom stereocenters. The summed E-state index contributed by atoms with van der Waals surface area (Å²) in [6.45, 7) is 2.82. The van der Waals surface area contributed by atoms with Gasteiger partial charge in [0, 0.05) is 6.04 Å². The lowest BCUT2D eigenvalue weighted by Crippen LogP contribution is -2.68. The molecule has 1 aliphatic heterocycles. The second-order valence-electron chi connectivity index (χ2n) is 4.87. The molecular formula is C12H16N2O3S. The van der Waals surface area contributed by atoms with E-state index >= 15 is 0 Å². The summed E-state index contributed by atoms with van der Waals surface area (Å²) < 4.78 is 23.3. The lowest BCUT2D eigenvalue weighted by Gasteiger charge is -2.43. The van der Waals surface area contributed by atoms with Gasteiger partial charge >= 0.3 is 0 Å². The smallest absolute Gasteiger partial charge is 0.258 e. The maximum absolute atomic E-state index is 11.9. The Morgan fingerprint density at radius 2 is 1.83 bits per heavy atom. The average molecular weight is 268 g/mol. The van der Waals surface area contributed by atoms with E-state index in [0.29, 0.717) is 0 Å². The summed E-state index contributed by atoms with van der Waals surface area (Å²) in [5.41, 5.74) is 6.73. The van der Waals surface area contributed by atoms with Crippen molar-refractivity contribution in [2.24, 2.45) is 5.73 Å². The predicted octanol–water partition coefficient (Wildman–Crippen LogP) is 0.637. The molecule has 0 radical (unpaired) electrons. The highest BCUT2D eigenvalue weighted by molar-refractivity contribution is 7.94. The van der Waals surface area contributed by atoms with Gasteiger partial charge in [0.15, 0.2) is 4.75 Å². The first-order chi connectivity index (χ1) is 8.28. The zero-order valence-electron chi connectivity index (χ0n) is 10.3. The van der Waals surface area contributed by atoms with Crippen molar-refractivity contribution in [3.05, 3.63) is 35.9 Å². The summed E-state index contributed by atoms with van der Waals surface area (Å²) in [6, 6.07) is 8.63. The Bertz CT molecular complexity index is 566. The van der Waals surface area contributed by atoms with Crippen LogP contribution in [-0.2, 0) is 14.8 Å². The van der Waals surface area contributed by atoms with Crippen LogP contribution in [0.3, 0.4) is 0 Å². The largest absolute Gasteiger partial charge is 0.322 e. The topological polar surface area (TPSA) is 80.5 Å². The van der Waals surface area contributed by atoms with Gasteiger partial charge in [-0.1, -0.05) is 30.3 Å². The molecule has 6 heteroatoms. The van der Waals surface area contributed by atoms with Crippen molar-refractivity contribution in [1.82, 2.24) is 4.31 Å². The van der Waals surface area contributed by atoms with E-state index in [0.717, 1.165) is 9.87 Å². The van der Waals surface area contributed by atoms with E-state index in [9.17, 15) is 13.2 Å². The van der Waals surface area contributed by atoms with Crippen LogP contribution in [0.25, 0.3) is 0 Å². The van der Waals surface area contributed by atoms with Crippen molar-refractivity contribution in [2.45, 2.75) is 24.6 Å². The molecule has 1 saturated heterocycles. The highest BCUT2D eigenvalue weighted by atomic mass is 32.2.